The van der Waals surface area contributed by atoms with Crippen LogP contribution in [0.1, 0.15) is 22.3 Å². The van der Waals surface area contributed by atoms with Crippen molar-refractivity contribution in [3.63, 3.8) is 0 Å². The van der Waals surface area contributed by atoms with Gasteiger partial charge in [-0.25, -0.2) is 4.98 Å². The third kappa shape index (κ3) is 4.73. The number of rotatable bonds is 6. The molecule has 0 fully saturated rings. The second-order valence-corrected chi connectivity index (χ2v) is 7.43. The van der Waals surface area contributed by atoms with Crippen LogP contribution in [0, 0.1) is 6.92 Å². The van der Waals surface area contributed by atoms with Crippen LogP contribution in [0.2, 0.25) is 0 Å². The Balaban J connectivity index is 1.44. The number of amides is 2. The molecule has 4 rings (SSSR count). The van der Waals surface area contributed by atoms with Gasteiger partial charge in [0.15, 0.2) is 0 Å². The number of hydrogen-bond donors (Lipinski definition) is 2. The van der Waals surface area contributed by atoms with E-state index in [1.807, 2.05) is 31.2 Å². The van der Waals surface area contributed by atoms with E-state index >= 15 is 0 Å². The summed E-state index contributed by atoms with van der Waals surface area (Å²) in [5, 5.41) is 6.14. The van der Waals surface area contributed by atoms with Crippen LogP contribution in [0.15, 0.2) is 83.9 Å². The van der Waals surface area contributed by atoms with Crippen molar-refractivity contribution in [3.8, 4) is 0 Å². The third-order valence-electron chi connectivity index (χ3n) is 5.03. The van der Waals surface area contributed by atoms with Crippen LogP contribution >= 0.6 is 0 Å². The molecule has 0 aliphatic carbocycles. The SMILES string of the molecule is Cc1cccc(NC(=O)c2ccccc2NC(=O)CCn2cnc3ccccc3c2=O)c1. The fraction of sp³-hybridized carbons (Fsp3) is 0.120. The Labute approximate surface area is 184 Å². The average Bonchev–Trinajstić information content (AvgIpc) is 2.79. The molecule has 1 aromatic heterocycles. The Hall–Kier alpha value is -4.26. The van der Waals surface area contributed by atoms with Crippen molar-refractivity contribution in [1.29, 1.82) is 0 Å². The first-order valence-corrected chi connectivity index (χ1v) is 10.2. The molecule has 7 nitrogen and oxygen atoms in total. The number of fused-ring (bicyclic) bond motifs is 1. The number of nitrogens with one attached hydrogen (secondary N) is 2. The third-order valence-corrected chi connectivity index (χ3v) is 5.03. The summed E-state index contributed by atoms with van der Waals surface area (Å²) < 4.78 is 1.41. The van der Waals surface area contributed by atoms with Gasteiger partial charge in [-0.15, -0.1) is 0 Å². The summed E-state index contributed by atoms with van der Waals surface area (Å²) in [7, 11) is 0. The van der Waals surface area contributed by atoms with Crippen LogP contribution in [-0.4, -0.2) is 21.4 Å². The van der Waals surface area contributed by atoms with Gasteiger partial charge in [0, 0.05) is 18.7 Å². The zero-order valence-corrected chi connectivity index (χ0v) is 17.5. The highest BCUT2D eigenvalue weighted by Gasteiger charge is 2.14. The highest BCUT2D eigenvalue weighted by molar-refractivity contribution is 6.10. The minimum absolute atomic E-state index is 0.0633. The van der Waals surface area contributed by atoms with E-state index < -0.39 is 0 Å². The Morgan fingerprint density at radius 3 is 2.56 bits per heavy atom. The zero-order valence-electron chi connectivity index (χ0n) is 17.5. The number of benzene rings is 3. The molecule has 7 heteroatoms. The first-order valence-electron chi connectivity index (χ1n) is 10.2. The average molecular weight is 426 g/mol. The summed E-state index contributed by atoms with van der Waals surface area (Å²) in [6, 6.07) is 21.4. The Bertz CT molecular complexity index is 1360. The molecule has 0 saturated carbocycles. The van der Waals surface area contributed by atoms with Crippen molar-refractivity contribution in [3.05, 3.63) is 101 Å². The quantitative estimate of drug-likeness (QED) is 0.488. The molecule has 0 spiro atoms. The van der Waals surface area contributed by atoms with Gasteiger partial charge >= 0.3 is 0 Å². The van der Waals surface area contributed by atoms with Gasteiger partial charge in [-0.3, -0.25) is 19.0 Å². The highest BCUT2D eigenvalue weighted by Crippen LogP contribution is 2.18. The second-order valence-electron chi connectivity index (χ2n) is 7.43. The molecule has 0 bridgehead atoms. The maximum atomic E-state index is 12.8. The molecule has 0 aliphatic heterocycles. The molecular weight excluding hydrogens is 404 g/mol. The number of aryl methyl sites for hydroxylation is 2. The molecule has 0 aliphatic rings. The predicted molar refractivity (Wildman–Crippen MR) is 125 cm³/mol. The fourth-order valence-corrected chi connectivity index (χ4v) is 3.41. The zero-order chi connectivity index (χ0) is 22.5. The topological polar surface area (TPSA) is 93.1 Å². The van der Waals surface area contributed by atoms with Crippen LogP contribution in [0.5, 0.6) is 0 Å². The van der Waals surface area contributed by atoms with Crippen molar-refractivity contribution in [2.75, 3.05) is 10.6 Å². The number of hydrogen-bond acceptors (Lipinski definition) is 4. The molecule has 4 aromatic rings. The first-order chi connectivity index (χ1) is 15.5. The van der Waals surface area contributed by atoms with Gasteiger partial charge in [0.2, 0.25) is 5.91 Å². The molecule has 0 saturated heterocycles. The molecule has 2 amide bonds. The van der Waals surface area contributed by atoms with E-state index in [0.29, 0.717) is 27.8 Å². The maximum absolute atomic E-state index is 12.8. The van der Waals surface area contributed by atoms with E-state index in [9.17, 15) is 14.4 Å². The van der Waals surface area contributed by atoms with E-state index in [1.54, 1.807) is 48.5 Å². The second kappa shape index (κ2) is 9.26. The van der Waals surface area contributed by atoms with Crippen LogP contribution in [-0.2, 0) is 11.3 Å². The van der Waals surface area contributed by atoms with E-state index in [2.05, 4.69) is 15.6 Å². The first kappa shape index (κ1) is 21.0. The van der Waals surface area contributed by atoms with Crippen LogP contribution < -0.4 is 16.2 Å². The maximum Gasteiger partial charge on any atom is 0.261 e. The normalized spacial score (nSPS) is 10.7. The molecule has 0 atom stereocenters. The van der Waals surface area contributed by atoms with E-state index in [0.717, 1.165) is 5.56 Å². The Kier molecular flexibility index (Phi) is 6.07. The van der Waals surface area contributed by atoms with Crippen LogP contribution in [0.25, 0.3) is 10.9 Å². The lowest BCUT2D eigenvalue weighted by Crippen LogP contribution is -2.24. The number of para-hydroxylation sites is 2. The van der Waals surface area contributed by atoms with Gasteiger partial charge in [-0.1, -0.05) is 36.4 Å². The van der Waals surface area contributed by atoms with Gasteiger partial charge < -0.3 is 10.6 Å². The highest BCUT2D eigenvalue weighted by atomic mass is 16.2. The number of carbonyl (C=O) groups is 2. The molecule has 3 aromatic carbocycles. The number of nitrogens with zero attached hydrogens (tertiary/aromatic N) is 2. The number of carbonyl (C=O) groups excluding carboxylic acids is 2. The van der Waals surface area contributed by atoms with Gasteiger partial charge in [-0.2, -0.15) is 0 Å². The molecular formula is C25H22N4O3. The summed E-state index contributed by atoms with van der Waals surface area (Å²) >= 11 is 0. The van der Waals surface area contributed by atoms with Gasteiger partial charge in [0.25, 0.3) is 11.5 Å². The Morgan fingerprint density at radius 2 is 1.72 bits per heavy atom. The molecule has 1 heterocycles. The van der Waals surface area contributed by atoms with Crippen molar-refractivity contribution in [1.82, 2.24) is 9.55 Å². The number of aromatic nitrogens is 2. The summed E-state index contributed by atoms with van der Waals surface area (Å²) in [5.41, 5.74) is 2.90. The predicted octanol–water partition coefficient (Wildman–Crippen LogP) is 3.99. The van der Waals surface area contributed by atoms with Crippen molar-refractivity contribution < 1.29 is 9.59 Å². The van der Waals surface area contributed by atoms with E-state index in [4.69, 9.17) is 0 Å². The fourth-order valence-electron chi connectivity index (χ4n) is 3.41. The number of anilines is 2. The summed E-state index contributed by atoms with van der Waals surface area (Å²) in [4.78, 5) is 42.2. The minimum Gasteiger partial charge on any atom is -0.325 e. The molecule has 0 unspecified atom stereocenters. The lowest BCUT2D eigenvalue weighted by Gasteiger charge is -2.12. The van der Waals surface area contributed by atoms with Gasteiger partial charge in [-0.05, 0) is 48.9 Å². The lowest BCUT2D eigenvalue weighted by molar-refractivity contribution is -0.116. The van der Waals surface area contributed by atoms with Gasteiger partial charge in [0.1, 0.15) is 0 Å². The van der Waals surface area contributed by atoms with Crippen LogP contribution in [0.4, 0.5) is 11.4 Å². The summed E-state index contributed by atoms with van der Waals surface area (Å²) in [6.07, 6.45) is 1.51. The minimum atomic E-state index is -0.318. The standard InChI is InChI=1S/C25H22N4O3/c1-17-7-6-8-18(15-17)27-24(31)19-9-2-5-12-22(19)28-23(30)13-14-29-16-26-21-11-4-3-10-20(21)25(29)32/h2-12,15-16H,13-14H2,1H3,(H,27,31)(H,28,30). The summed E-state index contributed by atoms with van der Waals surface area (Å²) in [6.45, 7) is 2.13. The lowest BCUT2D eigenvalue weighted by atomic mass is 10.1. The summed E-state index contributed by atoms with van der Waals surface area (Å²) in [5.74, 6) is -0.623. The largest absolute Gasteiger partial charge is 0.325 e. The molecule has 2 N–H and O–H groups in total. The monoisotopic (exact) mass is 426 g/mol. The van der Waals surface area contributed by atoms with Crippen molar-refractivity contribution in [2.45, 2.75) is 19.9 Å². The molecule has 160 valence electrons. The van der Waals surface area contributed by atoms with Gasteiger partial charge in [0.05, 0.1) is 28.5 Å². The van der Waals surface area contributed by atoms with E-state index in [1.165, 1.54) is 10.9 Å². The van der Waals surface area contributed by atoms with Crippen molar-refractivity contribution >= 4 is 34.1 Å². The molecule has 32 heavy (non-hydrogen) atoms. The van der Waals surface area contributed by atoms with Crippen LogP contribution in [0.3, 0.4) is 0 Å². The van der Waals surface area contributed by atoms with Crippen molar-refractivity contribution in [2.24, 2.45) is 0 Å². The Morgan fingerprint density at radius 1 is 0.938 bits per heavy atom. The van der Waals surface area contributed by atoms with E-state index in [-0.39, 0.29) is 30.3 Å². The smallest absolute Gasteiger partial charge is 0.261 e. The molecule has 0 radical (unpaired) electrons.